The van der Waals surface area contributed by atoms with Gasteiger partial charge in [0, 0.05) is 6.04 Å². The Balaban J connectivity index is 1.79. The predicted molar refractivity (Wildman–Crippen MR) is 75.2 cm³/mol. The van der Waals surface area contributed by atoms with E-state index in [1.165, 1.54) is 62.3 Å². The van der Waals surface area contributed by atoms with Crippen LogP contribution in [0.25, 0.3) is 0 Å². The number of thioether (sulfide) groups is 2. The van der Waals surface area contributed by atoms with Crippen LogP contribution in [0, 0.1) is 0 Å². The molecule has 1 aliphatic heterocycles. The van der Waals surface area contributed by atoms with Crippen LogP contribution >= 0.6 is 23.5 Å². The largest absolute Gasteiger partial charge is 0.314 e. The van der Waals surface area contributed by atoms with Gasteiger partial charge < -0.3 is 5.32 Å². The minimum Gasteiger partial charge on any atom is -0.314 e. The highest BCUT2D eigenvalue weighted by Crippen LogP contribution is 2.16. The molecule has 1 rings (SSSR count). The predicted octanol–water partition coefficient (Wildman–Crippen LogP) is 3.40. The smallest absolute Gasteiger partial charge is 0.00827 e. The molecule has 1 aliphatic rings. The summed E-state index contributed by atoms with van der Waals surface area (Å²) >= 11 is 4.08. The van der Waals surface area contributed by atoms with Crippen LogP contribution in [0.1, 0.15) is 38.5 Å². The summed E-state index contributed by atoms with van der Waals surface area (Å²) in [5, 5.41) is 3.69. The SMILES string of the molecule is CSCCCCCCNC1CCSCC1. The fourth-order valence-corrected chi connectivity index (χ4v) is 3.53. The lowest BCUT2D eigenvalue weighted by atomic mass is 10.1. The summed E-state index contributed by atoms with van der Waals surface area (Å²) in [6.07, 6.45) is 10.6. The lowest BCUT2D eigenvalue weighted by molar-refractivity contribution is 0.469. The third kappa shape index (κ3) is 7.53. The Kier molecular flexibility index (Phi) is 9.02. The summed E-state index contributed by atoms with van der Waals surface area (Å²) < 4.78 is 0. The Labute approximate surface area is 104 Å². The van der Waals surface area contributed by atoms with Crippen molar-refractivity contribution in [2.24, 2.45) is 0 Å². The van der Waals surface area contributed by atoms with E-state index in [2.05, 4.69) is 23.3 Å². The second kappa shape index (κ2) is 9.86. The van der Waals surface area contributed by atoms with Crippen LogP contribution in [0.5, 0.6) is 0 Å². The molecule has 3 heteroatoms. The minimum absolute atomic E-state index is 0.831. The third-order valence-corrected chi connectivity index (χ3v) is 4.68. The van der Waals surface area contributed by atoms with E-state index in [1.54, 1.807) is 0 Å². The maximum absolute atomic E-state index is 3.69. The molecule has 0 aromatic carbocycles. The second-order valence-electron chi connectivity index (χ2n) is 4.25. The van der Waals surface area contributed by atoms with Gasteiger partial charge in [-0.15, -0.1) is 0 Å². The lowest BCUT2D eigenvalue weighted by Crippen LogP contribution is -2.33. The number of hydrogen-bond acceptors (Lipinski definition) is 3. The highest BCUT2D eigenvalue weighted by Gasteiger charge is 2.11. The van der Waals surface area contributed by atoms with Gasteiger partial charge in [0.05, 0.1) is 0 Å². The van der Waals surface area contributed by atoms with Gasteiger partial charge in [-0.3, -0.25) is 0 Å². The van der Waals surface area contributed by atoms with Crippen molar-refractivity contribution in [1.82, 2.24) is 5.32 Å². The molecule has 0 bridgehead atoms. The number of nitrogens with one attached hydrogen (secondary N) is 1. The molecule has 0 saturated carbocycles. The minimum atomic E-state index is 0.831. The average Bonchev–Trinajstić information content (AvgIpc) is 2.29. The Morgan fingerprint density at radius 1 is 1.13 bits per heavy atom. The van der Waals surface area contributed by atoms with Crippen molar-refractivity contribution >= 4 is 23.5 Å². The van der Waals surface area contributed by atoms with Gasteiger partial charge in [0.2, 0.25) is 0 Å². The van der Waals surface area contributed by atoms with Gasteiger partial charge in [0.15, 0.2) is 0 Å². The normalized spacial score (nSPS) is 18.2. The van der Waals surface area contributed by atoms with Crippen LogP contribution in [-0.4, -0.2) is 36.1 Å². The highest BCUT2D eigenvalue weighted by atomic mass is 32.2. The molecule has 0 amide bonds. The maximum atomic E-state index is 3.69. The zero-order valence-electron chi connectivity index (χ0n) is 9.96. The molecule has 0 spiro atoms. The summed E-state index contributed by atoms with van der Waals surface area (Å²) in [4.78, 5) is 0. The molecule has 1 saturated heterocycles. The molecular formula is C12H25NS2. The number of unbranched alkanes of at least 4 members (excludes halogenated alkanes) is 3. The van der Waals surface area contributed by atoms with Crippen LogP contribution in [0.15, 0.2) is 0 Å². The molecule has 0 radical (unpaired) electrons. The van der Waals surface area contributed by atoms with Crippen molar-refractivity contribution in [2.75, 3.05) is 30.1 Å². The van der Waals surface area contributed by atoms with Gasteiger partial charge >= 0.3 is 0 Å². The van der Waals surface area contributed by atoms with Gasteiger partial charge in [-0.25, -0.2) is 0 Å². The van der Waals surface area contributed by atoms with E-state index in [-0.39, 0.29) is 0 Å². The summed E-state index contributed by atoms with van der Waals surface area (Å²) in [5.41, 5.74) is 0. The molecule has 1 N–H and O–H groups in total. The van der Waals surface area contributed by atoms with E-state index < -0.39 is 0 Å². The second-order valence-corrected chi connectivity index (χ2v) is 6.46. The summed E-state index contributed by atoms with van der Waals surface area (Å²) in [6, 6.07) is 0.831. The maximum Gasteiger partial charge on any atom is 0.00827 e. The van der Waals surface area contributed by atoms with Crippen LogP contribution < -0.4 is 5.32 Å². The first-order valence-electron chi connectivity index (χ1n) is 6.23. The quantitative estimate of drug-likeness (QED) is 0.660. The van der Waals surface area contributed by atoms with Crippen molar-refractivity contribution in [3.8, 4) is 0 Å². The lowest BCUT2D eigenvalue weighted by Gasteiger charge is -2.22. The molecule has 0 aliphatic carbocycles. The van der Waals surface area contributed by atoms with E-state index in [0.29, 0.717) is 0 Å². The van der Waals surface area contributed by atoms with Crippen LogP contribution in [0.2, 0.25) is 0 Å². The Morgan fingerprint density at radius 3 is 2.60 bits per heavy atom. The van der Waals surface area contributed by atoms with Crippen molar-refractivity contribution in [3.63, 3.8) is 0 Å². The fourth-order valence-electron chi connectivity index (χ4n) is 1.93. The van der Waals surface area contributed by atoms with Crippen LogP contribution in [0.3, 0.4) is 0 Å². The van der Waals surface area contributed by atoms with E-state index in [1.807, 2.05) is 11.8 Å². The number of rotatable bonds is 8. The molecule has 1 nitrogen and oxygen atoms in total. The zero-order valence-corrected chi connectivity index (χ0v) is 11.6. The van der Waals surface area contributed by atoms with Gasteiger partial charge in [0.1, 0.15) is 0 Å². The monoisotopic (exact) mass is 247 g/mol. The van der Waals surface area contributed by atoms with Crippen molar-refractivity contribution in [3.05, 3.63) is 0 Å². The van der Waals surface area contributed by atoms with Gasteiger partial charge in [-0.1, -0.05) is 12.8 Å². The Hall–Kier alpha value is 0.660. The first-order chi connectivity index (χ1) is 7.43. The molecular weight excluding hydrogens is 222 g/mol. The number of hydrogen-bond donors (Lipinski definition) is 1. The van der Waals surface area contributed by atoms with E-state index in [9.17, 15) is 0 Å². The third-order valence-electron chi connectivity index (χ3n) is 2.93. The molecule has 0 aromatic heterocycles. The first-order valence-corrected chi connectivity index (χ1v) is 8.78. The van der Waals surface area contributed by atoms with Gasteiger partial charge in [-0.05, 0) is 55.7 Å². The van der Waals surface area contributed by atoms with Gasteiger partial charge in [0.25, 0.3) is 0 Å². The molecule has 0 unspecified atom stereocenters. The summed E-state index contributed by atoms with van der Waals surface area (Å²) in [5.74, 6) is 4.07. The van der Waals surface area contributed by atoms with Crippen molar-refractivity contribution in [2.45, 2.75) is 44.6 Å². The molecule has 15 heavy (non-hydrogen) atoms. The Bertz CT molecular complexity index is 136. The van der Waals surface area contributed by atoms with Gasteiger partial charge in [-0.2, -0.15) is 23.5 Å². The summed E-state index contributed by atoms with van der Waals surface area (Å²) in [6.45, 7) is 1.24. The molecule has 0 atom stereocenters. The first kappa shape index (κ1) is 13.7. The Morgan fingerprint density at radius 2 is 1.87 bits per heavy atom. The average molecular weight is 247 g/mol. The fraction of sp³-hybridized carbons (Fsp3) is 1.00. The van der Waals surface area contributed by atoms with E-state index in [4.69, 9.17) is 0 Å². The molecule has 90 valence electrons. The van der Waals surface area contributed by atoms with Crippen LogP contribution in [-0.2, 0) is 0 Å². The molecule has 1 heterocycles. The van der Waals surface area contributed by atoms with Crippen LogP contribution in [0.4, 0.5) is 0 Å². The van der Waals surface area contributed by atoms with E-state index in [0.717, 1.165) is 6.04 Å². The van der Waals surface area contributed by atoms with E-state index >= 15 is 0 Å². The molecule has 0 aromatic rings. The summed E-state index contributed by atoms with van der Waals surface area (Å²) in [7, 11) is 0. The van der Waals surface area contributed by atoms with Crippen molar-refractivity contribution in [1.29, 1.82) is 0 Å². The highest BCUT2D eigenvalue weighted by molar-refractivity contribution is 7.99. The molecule has 1 fully saturated rings. The topological polar surface area (TPSA) is 12.0 Å². The standard InChI is InChI=1S/C12H25NS2/c1-14-9-5-3-2-4-8-13-12-6-10-15-11-7-12/h12-13H,2-11H2,1H3. The van der Waals surface area contributed by atoms with Crippen molar-refractivity contribution < 1.29 is 0 Å². The zero-order chi connectivity index (χ0) is 10.8.